The predicted molar refractivity (Wildman–Crippen MR) is 81.5 cm³/mol. The number of aliphatic imine (C=N–C) groups is 1. The molecule has 4 heteroatoms. The summed E-state index contributed by atoms with van der Waals surface area (Å²) in [6.45, 7) is 0.402. The molecule has 0 radical (unpaired) electrons. The SMILES string of the molecule is OC#CCc1cccc(C2=N[C@H](c3ccccc3)CO2)c1F. The van der Waals surface area contributed by atoms with Crippen molar-refractivity contribution in [3.05, 3.63) is 71.0 Å². The van der Waals surface area contributed by atoms with Crippen molar-refractivity contribution in [3.8, 4) is 12.0 Å². The third-order valence-electron chi connectivity index (χ3n) is 3.50. The third kappa shape index (κ3) is 2.79. The Bertz CT molecular complexity index is 760. The normalized spacial score (nSPS) is 16.4. The molecular formula is C18H14FNO2. The van der Waals surface area contributed by atoms with E-state index >= 15 is 0 Å². The summed E-state index contributed by atoms with van der Waals surface area (Å²) < 4.78 is 20.0. The molecule has 0 saturated heterocycles. The first-order valence-electron chi connectivity index (χ1n) is 6.95. The highest BCUT2D eigenvalue weighted by Crippen LogP contribution is 2.26. The van der Waals surface area contributed by atoms with Gasteiger partial charge in [-0.15, -0.1) is 0 Å². The molecule has 3 nitrogen and oxygen atoms in total. The van der Waals surface area contributed by atoms with Gasteiger partial charge in [-0.2, -0.15) is 0 Å². The van der Waals surface area contributed by atoms with Crippen LogP contribution in [0, 0.1) is 17.8 Å². The van der Waals surface area contributed by atoms with E-state index in [1.165, 1.54) is 0 Å². The highest BCUT2D eigenvalue weighted by molar-refractivity contribution is 5.95. The van der Waals surface area contributed by atoms with E-state index in [1.54, 1.807) is 24.3 Å². The fourth-order valence-corrected chi connectivity index (χ4v) is 2.38. The van der Waals surface area contributed by atoms with E-state index in [1.807, 2.05) is 30.3 Å². The number of aliphatic hydroxyl groups excluding tert-OH is 1. The molecule has 1 aliphatic rings. The minimum atomic E-state index is -0.405. The van der Waals surface area contributed by atoms with Crippen LogP contribution in [-0.4, -0.2) is 17.6 Å². The van der Waals surface area contributed by atoms with Crippen molar-refractivity contribution in [2.45, 2.75) is 12.5 Å². The van der Waals surface area contributed by atoms with E-state index in [4.69, 9.17) is 9.84 Å². The summed E-state index contributed by atoms with van der Waals surface area (Å²) in [5.74, 6) is 2.35. The van der Waals surface area contributed by atoms with Gasteiger partial charge in [0.15, 0.2) is 0 Å². The van der Waals surface area contributed by atoms with Gasteiger partial charge >= 0.3 is 0 Å². The zero-order valence-corrected chi connectivity index (χ0v) is 11.8. The number of aliphatic hydroxyl groups is 1. The first kappa shape index (κ1) is 14.2. The van der Waals surface area contributed by atoms with Gasteiger partial charge in [0, 0.05) is 12.0 Å². The maximum absolute atomic E-state index is 14.5. The molecule has 110 valence electrons. The van der Waals surface area contributed by atoms with Crippen molar-refractivity contribution in [2.24, 2.45) is 4.99 Å². The van der Waals surface area contributed by atoms with Crippen LogP contribution in [0.2, 0.25) is 0 Å². The van der Waals surface area contributed by atoms with Gasteiger partial charge in [-0.25, -0.2) is 9.38 Å². The fourth-order valence-electron chi connectivity index (χ4n) is 2.38. The minimum Gasteiger partial charge on any atom is -0.475 e. The largest absolute Gasteiger partial charge is 0.475 e. The molecule has 22 heavy (non-hydrogen) atoms. The number of hydrogen-bond acceptors (Lipinski definition) is 3. The average Bonchev–Trinajstić information content (AvgIpc) is 3.04. The Balaban J connectivity index is 1.90. The minimum absolute atomic E-state index is 0.114. The van der Waals surface area contributed by atoms with Gasteiger partial charge in [-0.3, -0.25) is 0 Å². The van der Waals surface area contributed by atoms with E-state index in [2.05, 4.69) is 10.9 Å². The Morgan fingerprint density at radius 3 is 2.77 bits per heavy atom. The molecule has 0 fully saturated rings. The van der Waals surface area contributed by atoms with Crippen molar-refractivity contribution >= 4 is 5.90 Å². The molecule has 3 rings (SSSR count). The van der Waals surface area contributed by atoms with E-state index in [-0.39, 0.29) is 12.5 Å². The lowest BCUT2D eigenvalue weighted by Gasteiger charge is -2.05. The molecular weight excluding hydrogens is 281 g/mol. The van der Waals surface area contributed by atoms with E-state index in [9.17, 15) is 4.39 Å². The zero-order chi connectivity index (χ0) is 15.4. The second-order valence-corrected chi connectivity index (χ2v) is 4.92. The summed E-state index contributed by atoms with van der Waals surface area (Å²) in [5.41, 5.74) is 1.78. The molecule has 0 amide bonds. The number of benzene rings is 2. The topological polar surface area (TPSA) is 41.8 Å². The van der Waals surface area contributed by atoms with Crippen LogP contribution in [0.4, 0.5) is 4.39 Å². The molecule has 0 aliphatic carbocycles. The number of ether oxygens (including phenoxy) is 1. The van der Waals surface area contributed by atoms with Gasteiger partial charge in [-0.05, 0) is 11.6 Å². The predicted octanol–water partition coefficient (Wildman–Crippen LogP) is 3.22. The second-order valence-electron chi connectivity index (χ2n) is 4.92. The summed E-state index contributed by atoms with van der Waals surface area (Å²) >= 11 is 0. The Labute approximate surface area is 128 Å². The van der Waals surface area contributed by atoms with E-state index < -0.39 is 5.82 Å². The Hall–Kier alpha value is -2.80. The van der Waals surface area contributed by atoms with Gasteiger partial charge in [0.1, 0.15) is 24.6 Å². The third-order valence-corrected chi connectivity index (χ3v) is 3.50. The van der Waals surface area contributed by atoms with Crippen LogP contribution in [0.5, 0.6) is 0 Å². The summed E-state index contributed by atoms with van der Waals surface area (Å²) in [5, 5.41) is 8.53. The summed E-state index contributed by atoms with van der Waals surface area (Å²) in [6.07, 6.45) is 1.93. The molecule has 0 spiro atoms. The second kappa shape index (κ2) is 6.31. The van der Waals surface area contributed by atoms with E-state index in [0.29, 0.717) is 23.6 Å². The smallest absolute Gasteiger partial charge is 0.219 e. The molecule has 2 aromatic rings. The molecule has 2 aromatic carbocycles. The lowest BCUT2D eigenvalue weighted by molar-refractivity contribution is 0.318. The summed E-state index contributed by atoms with van der Waals surface area (Å²) in [6, 6.07) is 14.7. The van der Waals surface area contributed by atoms with Gasteiger partial charge in [-0.1, -0.05) is 48.4 Å². The fraction of sp³-hybridized carbons (Fsp3) is 0.167. The first-order chi connectivity index (χ1) is 10.8. The zero-order valence-electron chi connectivity index (χ0n) is 11.8. The average molecular weight is 295 g/mol. The van der Waals surface area contributed by atoms with Crippen LogP contribution < -0.4 is 0 Å². The van der Waals surface area contributed by atoms with Crippen molar-refractivity contribution in [2.75, 3.05) is 6.61 Å². The van der Waals surface area contributed by atoms with Crippen LogP contribution in [-0.2, 0) is 11.2 Å². The van der Waals surface area contributed by atoms with Gasteiger partial charge in [0.2, 0.25) is 5.90 Å². The molecule has 1 aliphatic heterocycles. The van der Waals surface area contributed by atoms with Crippen LogP contribution in [0.25, 0.3) is 0 Å². The lowest BCUT2D eigenvalue weighted by atomic mass is 10.1. The Morgan fingerprint density at radius 2 is 2.00 bits per heavy atom. The highest BCUT2D eigenvalue weighted by Gasteiger charge is 2.24. The quantitative estimate of drug-likeness (QED) is 0.883. The standard InChI is InChI=1S/C18H14FNO2/c19-17-14(9-5-11-21)8-4-10-15(17)18-20-16(12-22-18)13-6-2-1-3-7-13/h1-4,6-8,10,16,21H,9,12H2/t16-/m0/s1. The number of rotatable bonds is 3. The lowest BCUT2D eigenvalue weighted by Crippen LogP contribution is -2.06. The van der Waals surface area contributed by atoms with Crippen LogP contribution in [0.1, 0.15) is 22.7 Å². The molecule has 1 N–H and O–H groups in total. The van der Waals surface area contributed by atoms with Crippen LogP contribution >= 0.6 is 0 Å². The Kier molecular flexibility index (Phi) is 4.06. The van der Waals surface area contributed by atoms with Crippen molar-refractivity contribution in [1.29, 1.82) is 0 Å². The Morgan fingerprint density at radius 1 is 1.18 bits per heavy atom. The van der Waals surface area contributed by atoms with Gasteiger partial charge in [0.05, 0.1) is 5.56 Å². The number of nitrogens with zero attached hydrogens (tertiary/aromatic N) is 1. The monoisotopic (exact) mass is 295 g/mol. The maximum atomic E-state index is 14.5. The van der Waals surface area contributed by atoms with Crippen molar-refractivity contribution < 1.29 is 14.2 Å². The van der Waals surface area contributed by atoms with Crippen LogP contribution in [0.15, 0.2) is 53.5 Å². The van der Waals surface area contributed by atoms with Crippen molar-refractivity contribution in [1.82, 2.24) is 0 Å². The number of hydrogen-bond donors (Lipinski definition) is 1. The first-order valence-corrected chi connectivity index (χ1v) is 6.95. The summed E-state index contributed by atoms with van der Waals surface area (Å²) in [7, 11) is 0. The number of halogens is 1. The molecule has 0 unspecified atom stereocenters. The molecule has 0 aromatic heterocycles. The highest BCUT2D eigenvalue weighted by atomic mass is 19.1. The molecule has 0 saturated carbocycles. The van der Waals surface area contributed by atoms with Crippen LogP contribution in [0.3, 0.4) is 0 Å². The van der Waals surface area contributed by atoms with E-state index in [0.717, 1.165) is 5.56 Å². The van der Waals surface area contributed by atoms with Crippen molar-refractivity contribution in [3.63, 3.8) is 0 Å². The molecule has 1 heterocycles. The van der Waals surface area contributed by atoms with Gasteiger partial charge < -0.3 is 9.84 Å². The summed E-state index contributed by atoms with van der Waals surface area (Å²) in [4.78, 5) is 4.48. The maximum Gasteiger partial charge on any atom is 0.219 e. The van der Waals surface area contributed by atoms with Gasteiger partial charge in [0.25, 0.3) is 0 Å². The molecule has 0 bridgehead atoms. The molecule has 1 atom stereocenters.